The number of benzene rings is 1. The summed E-state index contributed by atoms with van der Waals surface area (Å²) in [4.78, 5) is 19.6. The maximum Gasteiger partial charge on any atom is 0.251 e. The van der Waals surface area contributed by atoms with Crippen molar-refractivity contribution in [3.63, 3.8) is 0 Å². The lowest BCUT2D eigenvalue weighted by Crippen LogP contribution is -2.42. The summed E-state index contributed by atoms with van der Waals surface area (Å²) in [5.41, 5.74) is 1.45. The molecule has 164 valence electrons. The van der Waals surface area contributed by atoms with Gasteiger partial charge in [0.2, 0.25) is 0 Å². The molecule has 2 rings (SSSR count). The van der Waals surface area contributed by atoms with Gasteiger partial charge in [-0.3, -0.25) is 4.79 Å². The van der Waals surface area contributed by atoms with E-state index in [1.54, 1.807) is 0 Å². The normalized spacial score (nSPS) is 15.4. The third kappa shape index (κ3) is 10.3. The largest absolute Gasteiger partial charge is 0.357 e. The van der Waals surface area contributed by atoms with Crippen molar-refractivity contribution in [1.29, 1.82) is 0 Å². The van der Waals surface area contributed by atoms with Crippen LogP contribution in [0.5, 0.6) is 0 Å². The Morgan fingerprint density at radius 2 is 1.86 bits per heavy atom. The van der Waals surface area contributed by atoms with Crippen molar-refractivity contribution in [2.24, 2.45) is 4.99 Å². The zero-order valence-electron chi connectivity index (χ0n) is 18.4. The number of nitrogens with one attached hydrogen (secondary N) is 3. The highest BCUT2D eigenvalue weighted by molar-refractivity contribution is 14.0. The highest BCUT2D eigenvalue weighted by Gasteiger charge is 2.15. The molecule has 0 radical (unpaired) electrons. The number of halogens is 1. The monoisotopic (exact) mass is 515 g/mol. The minimum Gasteiger partial charge on any atom is -0.357 e. The molecular weight excluding hydrogens is 477 g/mol. The van der Waals surface area contributed by atoms with Crippen LogP contribution in [0.2, 0.25) is 0 Å². The van der Waals surface area contributed by atoms with E-state index in [2.05, 4.69) is 32.8 Å². The van der Waals surface area contributed by atoms with Crippen molar-refractivity contribution < 1.29 is 4.79 Å². The van der Waals surface area contributed by atoms with Crippen molar-refractivity contribution in [3.05, 3.63) is 35.4 Å². The van der Waals surface area contributed by atoms with E-state index < -0.39 is 0 Å². The third-order valence-electron chi connectivity index (χ3n) is 4.61. The minimum absolute atomic E-state index is 0. The van der Waals surface area contributed by atoms with Gasteiger partial charge < -0.3 is 20.9 Å². The Hall–Kier alpha value is -1.35. The van der Waals surface area contributed by atoms with E-state index in [4.69, 9.17) is 0 Å². The van der Waals surface area contributed by atoms with Gasteiger partial charge in [-0.05, 0) is 71.3 Å². The summed E-state index contributed by atoms with van der Waals surface area (Å²) in [6, 6.07) is 7.69. The smallest absolute Gasteiger partial charge is 0.251 e. The van der Waals surface area contributed by atoms with Crippen molar-refractivity contribution in [1.82, 2.24) is 20.9 Å². The Kier molecular flexibility index (Phi) is 11.6. The minimum atomic E-state index is -0.248. The van der Waals surface area contributed by atoms with Gasteiger partial charge in [0.05, 0.1) is 6.54 Å². The third-order valence-corrected chi connectivity index (χ3v) is 4.61. The molecule has 1 amide bonds. The van der Waals surface area contributed by atoms with Crippen LogP contribution < -0.4 is 16.0 Å². The van der Waals surface area contributed by atoms with E-state index in [1.165, 1.54) is 32.4 Å². The first-order valence-corrected chi connectivity index (χ1v) is 10.5. The second-order valence-corrected chi connectivity index (χ2v) is 8.43. The second kappa shape index (κ2) is 13.1. The van der Waals surface area contributed by atoms with Crippen LogP contribution in [-0.2, 0) is 6.54 Å². The molecule has 1 saturated heterocycles. The SMILES string of the molecule is CCNC(=NCc1cccc(C(=O)NC(C)(C)C)c1)NCCN1CCCCC1.I. The van der Waals surface area contributed by atoms with E-state index >= 15 is 0 Å². The molecule has 1 aromatic carbocycles. The summed E-state index contributed by atoms with van der Waals surface area (Å²) < 4.78 is 0. The van der Waals surface area contributed by atoms with Gasteiger partial charge >= 0.3 is 0 Å². The fraction of sp³-hybridized carbons (Fsp3) is 0.636. The second-order valence-electron chi connectivity index (χ2n) is 8.43. The summed E-state index contributed by atoms with van der Waals surface area (Å²) in [5.74, 6) is 0.772. The molecular formula is C22H38IN5O. The van der Waals surface area contributed by atoms with Gasteiger partial charge in [0.1, 0.15) is 0 Å². The predicted octanol–water partition coefficient (Wildman–Crippen LogP) is 3.37. The van der Waals surface area contributed by atoms with Crippen LogP contribution in [0.15, 0.2) is 29.3 Å². The molecule has 29 heavy (non-hydrogen) atoms. The lowest BCUT2D eigenvalue weighted by Gasteiger charge is -2.26. The van der Waals surface area contributed by atoms with Crippen LogP contribution >= 0.6 is 24.0 Å². The fourth-order valence-corrected chi connectivity index (χ4v) is 3.25. The average molecular weight is 515 g/mol. The van der Waals surface area contributed by atoms with Crippen molar-refractivity contribution in [2.75, 3.05) is 32.7 Å². The topological polar surface area (TPSA) is 68.8 Å². The Bertz CT molecular complexity index is 651. The van der Waals surface area contributed by atoms with Gasteiger partial charge in [-0.2, -0.15) is 0 Å². The lowest BCUT2D eigenvalue weighted by atomic mass is 10.1. The van der Waals surface area contributed by atoms with E-state index in [0.29, 0.717) is 12.1 Å². The summed E-state index contributed by atoms with van der Waals surface area (Å²) in [6.45, 7) is 13.7. The number of carbonyl (C=O) groups excluding carboxylic acids is 1. The van der Waals surface area contributed by atoms with Gasteiger partial charge in [-0.1, -0.05) is 18.6 Å². The summed E-state index contributed by atoms with van der Waals surface area (Å²) in [7, 11) is 0. The molecule has 0 saturated carbocycles. The molecule has 1 aromatic rings. The molecule has 0 atom stereocenters. The van der Waals surface area contributed by atoms with Crippen LogP contribution in [0.4, 0.5) is 0 Å². The standard InChI is InChI=1S/C22H37N5O.HI/c1-5-23-21(24-12-15-27-13-7-6-8-14-27)25-17-18-10-9-11-19(16-18)20(28)26-22(2,3)4;/h9-11,16H,5-8,12-15,17H2,1-4H3,(H,26,28)(H2,23,24,25);1H. The van der Waals surface area contributed by atoms with Gasteiger partial charge in [0.15, 0.2) is 5.96 Å². The highest BCUT2D eigenvalue weighted by atomic mass is 127. The molecule has 0 aliphatic carbocycles. The summed E-state index contributed by atoms with van der Waals surface area (Å²) in [5, 5.41) is 9.73. The van der Waals surface area contributed by atoms with Crippen LogP contribution in [0.1, 0.15) is 62.9 Å². The fourth-order valence-electron chi connectivity index (χ4n) is 3.25. The maximum absolute atomic E-state index is 12.4. The number of carbonyl (C=O) groups is 1. The summed E-state index contributed by atoms with van der Waals surface area (Å²) in [6.07, 6.45) is 3.99. The average Bonchev–Trinajstić information content (AvgIpc) is 2.66. The highest BCUT2D eigenvalue weighted by Crippen LogP contribution is 2.09. The number of hydrogen-bond acceptors (Lipinski definition) is 3. The van der Waals surface area contributed by atoms with Crippen molar-refractivity contribution in [3.8, 4) is 0 Å². The van der Waals surface area contributed by atoms with E-state index in [-0.39, 0.29) is 35.4 Å². The van der Waals surface area contributed by atoms with Crippen molar-refractivity contribution >= 4 is 35.8 Å². The zero-order valence-corrected chi connectivity index (χ0v) is 20.7. The molecule has 0 bridgehead atoms. The molecule has 7 heteroatoms. The summed E-state index contributed by atoms with van der Waals surface area (Å²) >= 11 is 0. The molecule has 3 N–H and O–H groups in total. The number of nitrogens with zero attached hydrogens (tertiary/aromatic N) is 2. The number of aliphatic imine (C=N–C) groups is 1. The first-order chi connectivity index (χ1) is 13.4. The van der Waals surface area contributed by atoms with Gasteiger partial charge in [-0.15, -0.1) is 24.0 Å². The van der Waals surface area contributed by atoms with E-state index in [9.17, 15) is 4.79 Å². The maximum atomic E-state index is 12.4. The molecule has 1 heterocycles. The quantitative estimate of drug-likeness (QED) is 0.296. The zero-order chi connectivity index (χ0) is 20.4. The van der Waals surface area contributed by atoms with Gasteiger partial charge in [0, 0.05) is 30.7 Å². The Labute approximate surface area is 193 Å². The first-order valence-electron chi connectivity index (χ1n) is 10.5. The van der Waals surface area contributed by atoms with Crippen LogP contribution in [-0.4, -0.2) is 55.0 Å². The van der Waals surface area contributed by atoms with Crippen molar-refractivity contribution in [2.45, 2.75) is 59.0 Å². The number of hydrogen-bond donors (Lipinski definition) is 3. The number of piperidine rings is 1. The van der Waals surface area contributed by atoms with E-state index in [1.807, 2.05) is 45.0 Å². The predicted molar refractivity (Wildman–Crippen MR) is 132 cm³/mol. The van der Waals surface area contributed by atoms with E-state index in [0.717, 1.165) is 31.2 Å². The molecule has 0 spiro atoms. The van der Waals surface area contributed by atoms with Crippen LogP contribution in [0, 0.1) is 0 Å². The Morgan fingerprint density at radius 1 is 1.14 bits per heavy atom. The number of guanidine groups is 1. The molecule has 1 fully saturated rings. The number of rotatable bonds is 7. The Morgan fingerprint density at radius 3 is 2.52 bits per heavy atom. The first kappa shape index (κ1) is 25.7. The Balaban J connectivity index is 0.00000420. The lowest BCUT2D eigenvalue weighted by molar-refractivity contribution is 0.0919. The molecule has 6 nitrogen and oxygen atoms in total. The number of amides is 1. The molecule has 0 unspecified atom stereocenters. The molecule has 0 aromatic heterocycles. The molecule has 1 aliphatic heterocycles. The van der Waals surface area contributed by atoms with Gasteiger partial charge in [0.25, 0.3) is 5.91 Å². The van der Waals surface area contributed by atoms with Crippen LogP contribution in [0.3, 0.4) is 0 Å². The van der Waals surface area contributed by atoms with Crippen LogP contribution in [0.25, 0.3) is 0 Å². The number of likely N-dealkylation sites (tertiary alicyclic amines) is 1. The molecule has 1 aliphatic rings. The van der Waals surface area contributed by atoms with Gasteiger partial charge in [-0.25, -0.2) is 4.99 Å².